The zero-order valence-corrected chi connectivity index (χ0v) is 15.3. The van der Waals surface area contributed by atoms with Gasteiger partial charge in [-0.15, -0.1) is 0 Å². The number of hydrogen-bond donors (Lipinski definition) is 0. The summed E-state index contributed by atoms with van der Waals surface area (Å²) in [5, 5.41) is 0. The fraction of sp³-hybridized carbons (Fsp3) is 0.529. The van der Waals surface area contributed by atoms with Gasteiger partial charge in [-0.3, -0.25) is 9.59 Å². The van der Waals surface area contributed by atoms with E-state index in [0.29, 0.717) is 19.7 Å². The van der Waals surface area contributed by atoms with Crippen molar-refractivity contribution in [3.63, 3.8) is 0 Å². The second kappa shape index (κ2) is 8.44. The van der Waals surface area contributed by atoms with Crippen LogP contribution in [0.4, 0.5) is 0 Å². The number of benzene rings is 1. The smallest absolute Gasteiger partial charge is 0.307 e. The van der Waals surface area contributed by atoms with Crippen molar-refractivity contribution < 1.29 is 27.5 Å². The summed E-state index contributed by atoms with van der Waals surface area (Å²) in [7, 11) is -3.55. The third kappa shape index (κ3) is 5.82. The molecule has 0 saturated carbocycles. The first-order valence-corrected chi connectivity index (χ1v) is 9.77. The van der Waals surface area contributed by atoms with Crippen molar-refractivity contribution in [2.45, 2.75) is 31.3 Å². The molecule has 1 heterocycles. The van der Waals surface area contributed by atoms with Crippen molar-refractivity contribution in [2.75, 3.05) is 32.1 Å². The summed E-state index contributed by atoms with van der Waals surface area (Å²) in [4.78, 5) is 25.5. The molecule has 25 heavy (non-hydrogen) atoms. The van der Waals surface area contributed by atoms with E-state index in [1.165, 1.54) is 12.1 Å². The average molecular weight is 369 g/mol. The number of carbonyl (C=O) groups excluding carboxylic acids is 2. The molecule has 0 spiro atoms. The van der Waals surface area contributed by atoms with Crippen LogP contribution < -0.4 is 0 Å². The molecule has 7 nitrogen and oxygen atoms in total. The quantitative estimate of drug-likeness (QED) is 0.694. The van der Waals surface area contributed by atoms with E-state index in [1.54, 1.807) is 17.0 Å². The average Bonchev–Trinajstić information content (AvgIpc) is 2.58. The van der Waals surface area contributed by atoms with E-state index in [9.17, 15) is 18.0 Å². The van der Waals surface area contributed by atoms with Gasteiger partial charge in [-0.25, -0.2) is 8.42 Å². The fourth-order valence-electron chi connectivity index (χ4n) is 2.43. The van der Waals surface area contributed by atoms with Gasteiger partial charge in [-0.2, -0.15) is 0 Å². The Hall–Kier alpha value is -1.93. The minimum absolute atomic E-state index is 0.0481. The Kier molecular flexibility index (Phi) is 6.55. The van der Waals surface area contributed by atoms with Crippen LogP contribution in [0.2, 0.25) is 0 Å². The highest BCUT2D eigenvalue weighted by Crippen LogP contribution is 2.13. The monoisotopic (exact) mass is 369 g/mol. The van der Waals surface area contributed by atoms with Crippen molar-refractivity contribution in [1.29, 1.82) is 0 Å². The van der Waals surface area contributed by atoms with Gasteiger partial charge < -0.3 is 14.4 Å². The van der Waals surface area contributed by atoms with Gasteiger partial charge in [0.15, 0.2) is 16.4 Å². The Balaban J connectivity index is 1.78. The molecular weight excluding hydrogens is 346 g/mol. The first kappa shape index (κ1) is 19.4. The Morgan fingerprint density at radius 3 is 2.60 bits per heavy atom. The van der Waals surface area contributed by atoms with Crippen LogP contribution in [0.25, 0.3) is 0 Å². The number of ether oxygens (including phenoxy) is 2. The molecule has 1 amide bonds. The predicted octanol–water partition coefficient (Wildman–Crippen LogP) is 0.949. The van der Waals surface area contributed by atoms with Crippen molar-refractivity contribution in [2.24, 2.45) is 0 Å². The number of rotatable bonds is 6. The van der Waals surface area contributed by atoms with Gasteiger partial charge in [-0.05, 0) is 26.0 Å². The molecule has 138 valence electrons. The largest absolute Gasteiger partial charge is 0.456 e. The van der Waals surface area contributed by atoms with Crippen LogP contribution in [0.3, 0.4) is 0 Å². The van der Waals surface area contributed by atoms with Gasteiger partial charge in [0.25, 0.3) is 5.91 Å². The molecule has 8 heteroatoms. The predicted molar refractivity (Wildman–Crippen MR) is 90.8 cm³/mol. The maximum absolute atomic E-state index is 12.2. The van der Waals surface area contributed by atoms with Crippen molar-refractivity contribution >= 4 is 21.7 Å². The molecule has 1 saturated heterocycles. The molecule has 0 aliphatic carbocycles. The molecule has 0 aromatic heterocycles. The number of morpholine rings is 1. The summed E-state index contributed by atoms with van der Waals surface area (Å²) in [6.45, 7) is 4.72. The van der Waals surface area contributed by atoms with Crippen LogP contribution in [0.5, 0.6) is 0 Å². The van der Waals surface area contributed by atoms with Crippen molar-refractivity contribution in [3.8, 4) is 0 Å². The highest BCUT2D eigenvalue weighted by Gasteiger charge is 2.23. The van der Waals surface area contributed by atoms with E-state index < -0.39 is 15.8 Å². The molecule has 1 unspecified atom stereocenters. The van der Waals surface area contributed by atoms with Gasteiger partial charge >= 0.3 is 5.97 Å². The fourth-order valence-corrected chi connectivity index (χ4v) is 3.65. The van der Waals surface area contributed by atoms with Crippen LogP contribution in [0.15, 0.2) is 29.2 Å². The molecule has 2 rings (SSSR count). The Bertz CT molecular complexity index is 713. The third-order valence-electron chi connectivity index (χ3n) is 3.91. The highest BCUT2D eigenvalue weighted by atomic mass is 32.2. The molecule has 0 radical (unpaired) electrons. The van der Waals surface area contributed by atoms with Crippen molar-refractivity contribution in [3.05, 3.63) is 29.8 Å². The summed E-state index contributed by atoms with van der Waals surface area (Å²) in [5.74, 6) is -1.35. The molecule has 1 aliphatic rings. The van der Waals surface area contributed by atoms with Gasteiger partial charge in [0.2, 0.25) is 0 Å². The summed E-state index contributed by atoms with van der Waals surface area (Å²) >= 11 is 0. The molecule has 1 aliphatic heterocycles. The van der Waals surface area contributed by atoms with Gasteiger partial charge in [0, 0.05) is 13.1 Å². The van der Waals surface area contributed by atoms with Crippen LogP contribution in [0.1, 0.15) is 18.9 Å². The maximum Gasteiger partial charge on any atom is 0.307 e. The molecule has 1 fully saturated rings. The molecule has 1 aromatic carbocycles. The second-order valence-corrected chi connectivity index (χ2v) is 8.17. The van der Waals surface area contributed by atoms with Crippen LogP contribution in [0, 0.1) is 6.92 Å². The molecule has 1 aromatic rings. The zero-order valence-electron chi connectivity index (χ0n) is 14.4. The molecular formula is C17H23NO6S. The summed E-state index contributed by atoms with van der Waals surface area (Å²) < 4.78 is 34.6. The number of nitrogens with zero attached hydrogens (tertiary/aromatic N) is 1. The van der Waals surface area contributed by atoms with E-state index in [4.69, 9.17) is 9.47 Å². The summed E-state index contributed by atoms with van der Waals surface area (Å²) in [5.41, 5.74) is 0.953. The Labute approximate surface area is 147 Å². The van der Waals surface area contributed by atoms with Gasteiger partial charge in [-0.1, -0.05) is 17.7 Å². The number of aryl methyl sites for hydroxylation is 1. The Morgan fingerprint density at radius 2 is 1.96 bits per heavy atom. The second-order valence-electron chi connectivity index (χ2n) is 6.06. The SMILES string of the molecule is Cc1ccc(S(=O)(=O)CCC(=O)OCC(=O)N2CCOC(C)C2)cc1. The number of hydrogen-bond acceptors (Lipinski definition) is 6. The minimum atomic E-state index is -3.55. The van der Waals surface area contributed by atoms with E-state index in [2.05, 4.69) is 0 Å². The number of esters is 1. The number of sulfone groups is 1. The third-order valence-corrected chi connectivity index (χ3v) is 5.64. The van der Waals surface area contributed by atoms with Gasteiger partial charge in [0.05, 0.1) is 29.8 Å². The Morgan fingerprint density at radius 1 is 1.28 bits per heavy atom. The van der Waals surface area contributed by atoms with Crippen LogP contribution >= 0.6 is 0 Å². The zero-order chi connectivity index (χ0) is 18.4. The van der Waals surface area contributed by atoms with E-state index in [0.717, 1.165) is 5.56 Å². The number of carbonyl (C=O) groups is 2. The summed E-state index contributed by atoms with van der Waals surface area (Å²) in [6, 6.07) is 6.43. The molecule has 0 bridgehead atoms. The highest BCUT2D eigenvalue weighted by molar-refractivity contribution is 7.91. The first-order valence-electron chi connectivity index (χ1n) is 8.12. The van der Waals surface area contributed by atoms with E-state index in [-0.39, 0.29) is 35.7 Å². The first-order chi connectivity index (χ1) is 11.8. The lowest BCUT2D eigenvalue weighted by Crippen LogP contribution is -2.46. The van der Waals surface area contributed by atoms with Crippen LogP contribution in [-0.4, -0.2) is 63.4 Å². The lowest BCUT2D eigenvalue weighted by Gasteiger charge is -2.30. The molecule has 0 N–H and O–H groups in total. The topological polar surface area (TPSA) is 90.0 Å². The maximum atomic E-state index is 12.2. The van der Waals surface area contributed by atoms with Gasteiger partial charge in [0.1, 0.15) is 0 Å². The summed E-state index contributed by atoms with van der Waals surface area (Å²) in [6.07, 6.45) is -0.337. The van der Waals surface area contributed by atoms with E-state index in [1.807, 2.05) is 13.8 Å². The number of amides is 1. The normalized spacial score (nSPS) is 18.0. The standard InChI is InChI=1S/C17H23NO6S/c1-13-3-5-15(6-4-13)25(21,22)10-7-17(20)24-12-16(19)18-8-9-23-14(2)11-18/h3-6,14H,7-12H2,1-2H3. The lowest BCUT2D eigenvalue weighted by atomic mass is 10.2. The van der Waals surface area contributed by atoms with Crippen LogP contribution in [-0.2, 0) is 28.9 Å². The van der Waals surface area contributed by atoms with Crippen molar-refractivity contribution in [1.82, 2.24) is 4.90 Å². The van der Waals surface area contributed by atoms with E-state index >= 15 is 0 Å². The minimum Gasteiger partial charge on any atom is -0.456 e. The lowest BCUT2D eigenvalue weighted by molar-refractivity contribution is -0.154. The molecule has 1 atom stereocenters.